The maximum absolute atomic E-state index is 11.3. The van der Waals surface area contributed by atoms with Crippen molar-refractivity contribution in [3.8, 4) is 0 Å². The van der Waals surface area contributed by atoms with E-state index in [-0.39, 0.29) is 23.6 Å². The Morgan fingerprint density at radius 3 is 1.54 bits per heavy atom. The SMILES string of the molecule is CC(N)CCS(=O)(=O)CCC(C)N. The third-order valence-electron chi connectivity index (χ3n) is 1.77. The highest BCUT2D eigenvalue weighted by molar-refractivity contribution is 7.91. The zero-order valence-corrected chi connectivity index (χ0v) is 9.18. The summed E-state index contributed by atoms with van der Waals surface area (Å²) in [5, 5.41) is 0. The Morgan fingerprint density at radius 2 is 1.31 bits per heavy atom. The van der Waals surface area contributed by atoms with Crippen LogP contribution in [-0.4, -0.2) is 32.0 Å². The third-order valence-corrected chi connectivity index (χ3v) is 3.48. The summed E-state index contributed by atoms with van der Waals surface area (Å²) in [6.07, 6.45) is 1.06. The van der Waals surface area contributed by atoms with Gasteiger partial charge >= 0.3 is 0 Å². The Kier molecular flexibility index (Phi) is 5.51. The fourth-order valence-corrected chi connectivity index (χ4v) is 2.50. The monoisotopic (exact) mass is 208 g/mol. The van der Waals surface area contributed by atoms with E-state index in [9.17, 15) is 8.42 Å². The second-order valence-corrected chi connectivity index (χ2v) is 5.99. The lowest BCUT2D eigenvalue weighted by molar-refractivity contribution is 0.579. The second kappa shape index (κ2) is 5.57. The Balaban J connectivity index is 3.81. The number of hydrogen-bond acceptors (Lipinski definition) is 4. The standard InChI is InChI=1S/C8H20N2O2S/c1-7(9)3-5-13(11,12)6-4-8(2)10/h7-8H,3-6,9-10H2,1-2H3. The Bertz CT molecular complexity index is 204. The quantitative estimate of drug-likeness (QED) is 0.637. The maximum Gasteiger partial charge on any atom is 0.150 e. The topological polar surface area (TPSA) is 86.2 Å². The number of sulfone groups is 1. The van der Waals surface area contributed by atoms with Crippen LogP contribution < -0.4 is 11.5 Å². The lowest BCUT2D eigenvalue weighted by Crippen LogP contribution is -2.24. The molecule has 0 aromatic heterocycles. The molecule has 0 fully saturated rings. The highest BCUT2D eigenvalue weighted by Crippen LogP contribution is 2.00. The fraction of sp³-hybridized carbons (Fsp3) is 1.00. The van der Waals surface area contributed by atoms with E-state index in [1.54, 1.807) is 13.8 Å². The van der Waals surface area contributed by atoms with Gasteiger partial charge < -0.3 is 11.5 Å². The van der Waals surface area contributed by atoms with E-state index in [0.717, 1.165) is 0 Å². The van der Waals surface area contributed by atoms with E-state index in [0.29, 0.717) is 12.8 Å². The van der Waals surface area contributed by atoms with E-state index in [4.69, 9.17) is 11.5 Å². The minimum Gasteiger partial charge on any atom is -0.328 e. The summed E-state index contributed by atoms with van der Waals surface area (Å²) < 4.78 is 22.7. The molecule has 0 aliphatic heterocycles. The van der Waals surface area contributed by atoms with Crippen LogP contribution in [0.5, 0.6) is 0 Å². The molecule has 80 valence electrons. The van der Waals surface area contributed by atoms with Gasteiger partial charge in [0, 0.05) is 12.1 Å². The van der Waals surface area contributed by atoms with Crippen molar-refractivity contribution in [1.29, 1.82) is 0 Å². The van der Waals surface area contributed by atoms with Gasteiger partial charge in [0.05, 0.1) is 11.5 Å². The van der Waals surface area contributed by atoms with Crippen LogP contribution in [0, 0.1) is 0 Å². The van der Waals surface area contributed by atoms with Crippen LogP contribution in [0.4, 0.5) is 0 Å². The molecule has 0 heterocycles. The predicted octanol–water partition coefficient (Wildman–Crippen LogP) is -0.124. The smallest absolute Gasteiger partial charge is 0.150 e. The predicted molar refractivity (Wildman–Crippen MR) is 55.2 cm³/mol. The lowest BCUT2D eigenvalue weighted by atomic mass is 10.3. The zero-order chi connectivity index (χ0) is 10.5. The molecule has 0 radical (unpaired) electrons. The molecule has 0 saturated carbocycles. The van der Waals surface area contributed by atoms with Crippen molar-refractivity contribution in [3.63, 3.8) is 0 Å². The highest BCUT2D eigenvalue weighted by Gasteiger charge is 2.12. The van der Waals surface area contributed by atoms with Crippen molar-refractivity contribution in [1.82, 2.24) is 0 Å². The van der Waals surface area contributed by atoms with E-state index >= 15 is 0 Å². The molecule has 4 nitrogen and oxygen atoms in total. The Labute approximate surface area is 80.6 Å². The molecule has 0 rings (SSSR count). The first-order chi connectivity index (χ1) is 5.83. The molecule has 5 heteroatoms. The average molecular weight is 208 g/mol. The van der Waals surface area contributed by atoms with Crippen LogP contribution in [0.1, 0.15) is 26.7 Å². The number of hydrogen-bond donors (Lipinski definition) is 2. The van der Waals surface area contributed by atoms with Crippen LogP contribution in [-0.2, 0) is 9.84 Å². The number of rotatable bonds is 6. The van der Waals surface area contributed by atoms with E-state index in [1.807, 2.05) is 0 Å². The minimum atomic E-state index is -2.93. The van der Waals surface area contributed by atoms with Crippen molar-refractivity contribution in [2.24, 2.45) is 11.5 Å². The molecule has 4 N–H and O–H groups in total. The van der Waals surface area contributed by atoms with Crippen LogP contribution in [0.25, 0.3) is 0 Å². The van der Waals surface area contributed by atoms with Gasteiger partial charge in [-0.25, -0.2) is 8.42 Å². The average Bonchev–Trinajstić information content (AvgIpc) is 1.98. The summed E-state index contributed by atoms with van der Waals surface area (Å²) >= 11 is 0. The number of nitrogens with two attached hydrogens (primary N) is 2. The third kappa shape index (κ3) is 8.21. The van der Waals surface area contributed by atoms with Crippen molar-refractivity contribution in [2.45, 2.75) is 38.8 Å². The van der Waals surface area contributed by atoms with Gasteiger partial charge in [-0.1, -0.05) is 0 Å². The largest absolute Gasteiger partial charge is 0.328 e. The van der Waals surface area contributed by atoms with Crippen LogP contribution in [0.15, 0.2) is 0 Å². The van der Waals surface area contributed by atoms with Crippen molar-refractivity contribution in [2.75, 3.05) is 11.5 Å². The molecule has 2 unspecified atom stereocenters. The minimum absolute atomic E-state index is 0.0509. The molecule has 0 saturated heterocycles. The van der Waals surface area contributed by atoms with Crippen LogP contribution >= 0.6 is 0 Å². The fourth-order valence-electron chi connectivity index (χ4n) is 0.833. The zero-order valence-electron chi connectivity index (χ0n) is 8.36. The summed E-state index contributed by atoms with van der Waals surface area (Å²) in [5.74, 6) is 0.356. The molecule has 0 aromatic carbocycles. The summed E-state index contributed by atoms with van der Waals surface area (Å²) in [4.78, 5) is 0. The van der Waals surface area contributed by atoms with Gasteiger partial charge in [0.25, 0.3) is 0 Å². The normalized spacial score (nSPS) is 16.9. The Morgan fingerprint density at radius 1 is 1.00 bits per heavy atom. The molecular formula is C8H20N2O2S. The highest BCUT2D eigenvalue weighted by atomic mass is 32.2. The van der Waals surface area contributed by atoms with E-state index < -0.39 is 9.84 Å². The van der Waals surface area contributed by atoms with Gasteiger partial charge in [-0.3, -0.25) is 0 Å². The molecule has 0 aromatic rings. The molecular weight excluding hydrogens is 188 g/mol. The van der Waals surface area contributed by atoms with Gasteiger partial charge in [0.2, 0.25) is 0 Å². The van der Waals surface area contributed by atoms with Crippen LogP contribution in [0.2, 0.25) is 0 Å². The van der Waals surface area contributed by atoms with E-state index in [2.05, 4.69) is 0 Å². The lowest BCUT2D eigenvalue weighted by Gasteiger charge is -2.07. The van der Waals surface area contributed by atoms with Gasteiger partial charge in [0.1, 0.15) is 9.84 Å². The van der Waals surface area contributed by atoms with E-state index in [1.165, 1.54) is 0 Å². The summed E-state index contributed by atoms with van der Waals surface area (Å²) in [7, 11) is -2.93. The van der Waals surface area contributed by atoms with Crippen molar-refractivity contribution < 1.29 is 8.42 Å². The molecule has 0 aliphatic rings. The van der Waals surface area contributed by atoms with Gasteiger partial charge in [-0.05, 0) is 26.7 Å². The maximum atomic E-state index is 11.3. The first kappa shape index (κ1) is 12.9. The van der Waals surface area contributed by atoms with Crippen LogP contribution in [0.3, 0.4) is 0 Å². The summed E-state index contributed by atoms with van der Waals surface area (Å²) in [5.41, 5.74) is 10.9. The molecule has 2 atom stereocenters. The molecule has 0 bridgehead atoms. The molecule has 0 aliphatic carbocycles. The van der Waals surface area contributed by atoms with Gasteiger partial charge in [0.15, 0.2) is 0 Å². The second-order valence-electron chi connectivity index (χ2n) is 3.68. The molecule has 13 heavy (non-hydrogen) atoms. The van der Waals surface area contributed by atoms with Gasteiger partial charge in [-0.15, -0.1) is 0 Å². The first-order valence-corrected chi connectivity index (χ1v) is 6.37. The van der Waals surface area contributed by atoms with Crippen molar-refractivity contribution in [3.05, 3.63) is 0 Å². The van der Waals surface area contributed by atoms with Crippen molar-refractivity contribution >= 4 is 9.84 Å². The summed E-state index contributed by atoms with van der Waals surface area (Å²) in [6, 6.07) is -0.102. The molecule has 0 amide bonds. The summed E-state index contributed by atoms with van der Waals surface area (Å²) in [6.45, 7) is 3.61. The molecule has 0 spiro atoms. The Hall–Kier alpha value is -0.130. The first-order valence-electron chi connectivity index (χ1n) is 4.55. The van der Waals surface area contributed by atoms with Gasteiger partial charge in [-0.2, -0.15) is 0 Å².